The minimum atomic E-state index is -0.538. The number of esters is 1. The molecule has 0 saturated carbocycles. The maximum Gasteiger partial charge on any atom is 0.331 e. The summed E-state index contributed by atoms with van der Waals surface area (Å²) in [7, 11) is 0. The molecule has 2 rings (SSSR count). The van der Waals surface area contributed by atoms with Gasteiger partial charge in [0.25, 0.3) is 5.91 Å². The lowest BCUT2D eigenvalue weighted by molar-refractivity contribution is -0.142. The van der Waals surface area contributed by atoms with E-state index in [2.05, 4.69) is 27.9 Å². The van der Waals surface area contributed by atoms with Crippen molar-refractivity contribution in [3.63, 3.8) is 0 Å². The smallest absolute Gasteiger partial charge is 0.331 e. The molecule has 1 aromatic heterocycles. The van der Waals surface area contributed by atoms with Crippen molar-refractivity contribution in [1.29, 1.82) is 0 Å². The van der Waals surface area contributed by atoms with Gasteiger partial charge in [-0.05, 0) is 59.9 Å². The van der Waals surface area contributed by atoms with Crippen LogP contribution in [0.1, 0.15) is 9.75 Å². The minimum absolute atomic E-state index is 0.308. The summed E-state index contributed by atoms with van der Waals surface area (Å²) in [5.41, 5.74) is 0.703. The van der Waals surface area contributed by atoms with Crippen molar-refractivity contribution >= 4 is 57.6 Å². The Morgan fingerprint density at radius 1 is 1.27 bits per heavy atom. The van der Waals surface area contributed by atoms with Crippen LogP contribution in [0.4, 0.5) is 5.69 Å². The number of carbonyl (C=O) groups is 2. The topological polar surface area (TPSA) is 55.4 Å². The monoisotopic (exact) mass is 427 g/mol. The number of aryl methyl sites for hydroxylation is 1. The molecule has 0 aliphatic carbocycles. The number of benzene rings is 1. The Balaban J connectivity index is 1.80. The van der Waals surface area contributed by atoms with E-state index in [1.807, 2.05) is 37.3 Å². The van der Waals surface area contributed by atoms with Crippen LogP contribution in [0, 0.1) is 10.5 Å². The summed E-state index contributed by atoms with van der Waals surface area (Å²) in [6.45, 7) is 1.69. The van der Waals surface area contributed by atoms with Crippen molar-refractivity contribution < 1.29 is 14.3 Å². The van der Waals surface area contributed by atoms with E-state index in [0.717, 1.165) is 8.45 Å². The largest absolute Gasteiger partial charge is 0.452 e. The van der Waals surface area contributed by atoms with Crippen molar-refractivity contribution in [2.24, 2.45) is 0 Å². The lowest BCUT2D eigenvalue weighted by Crippen LogP contribution is -2.20. The second kappa shape index (κ2) is 8.09. The lowest BCUT2D eigenvalue weighted by Gasteiger charge is -2.06. The molecule has 1 N–H and O–H groups in total. The van der Waals surface area contributed by atoms with E-state index in [1.165, 1.54) is 11.0 Å². The lowest BCUT2D eigenvalue weighted by atomic mass is 10.3. The van der Waals surface area contributed by atoms with Crippen molar-refractivity contribution in [3.8, 4) is 0 Å². The van der Waals surface area contributed by atoms with Crippen LogP contribution in [0.2, 0.25) is 0 Å². The Morgan fingerprint density at radius 3 is 2.73 bits per heavy atom. The van der Waals surface area contributed by atoms with Gasteiger partial charge in [-0.25, -0.2) is 4.79 Å². The predicted molar refractivity (Wildman–Crippen MR) is 96.8 cm³/mol. The Kier molecular flexibility index (Phi) is 6.14. The van der Waals surface area contributed by atoms with Gasteiger partial charge in [-0.1, -0.05) is 12.1 Å². The first-order valence-corrected chi connectivity index (χ1v) is 8.40. The number of rotatable bonds is 5. The average molecular weight is 427 g/mol. The van der Waals surface area contributed by atoms with Crippen LogP contribution < -0.4 is 5.32 Å². The van der Waals surface area contributed by atoms with Crippen LogP contribution in [-0.4, -0.2) is 18.5 Å². The highest BCUT2D eigenvalue weighted by atomic mass is 127. The van der Waals surface area contributed by atoms with Gasteiger partial charge in [-0.3, -0.25) is 4.79 Å². The molecule has 0 fully saturated rings. The number of halogens is 1. The summed E-state index contributed by atoms with van der Waals surface area (Å²) in [4.78, 5) is 25.4. The quantitative estimate of drug-likeness (QED) is 0.448. The molecule has 1 heterocycles. The number of ether oxygens (including phenoxy) is 1. The maximum atomic E-state index is 11.7. The molecule has 1 aromatic carbocycles. The van der Waals surface area contributed by atoms with E-state index in [-0.39, 0.29) is 12.5 Å². The van der Waals surface area contributed by atoms with Crippen molar-refractivity contribution in [3.05, 3.63) is 55.8 Å². The molecule has 114 valence electrons. The number of anilines is 1. The van der Waals surface area contributed by atoms with Crippen molar-refractivity contribution in [2.75, 3.05) is 11.9 Å². The molecule has 4 nitrogen and oxygen atoms in total. The second-order valence-corrected chi connectivity index (χ2v) is 6.90. The second-order valence-electron chi connectivity index (χ2n) is 4.42. The van der Waals surface area contributed by atoms with Gasteiger partial charge in [0.2, 0.25) is 0 Å². The van der Waals surface area contributed by atoms with Crippen LogP contribution in [-0.2, 0) is 14.3 Å². The molecule has 0 aliphatic rings. The molecular formula is C16H14INO3S. The first kappa shape index (κ1) is 16.7. The molecule has 0 bridgehead atoms. The van der Waals surface area contributed by atoms with Gasteiger partial charge < -0.3 is 10.1 Å². The molecule has 22 heavy (non-hydrogen) atoms. The number of para-hydroxylation sites is 1. The molecule has 2 aromatic rings. The molecule has 0 spiro atoms. The summed E-state index contributed by atoms with van der Waals surface area (Å²) in [6.07, 6.45) is 3.00. The molecular weight excluding hydrogens is 413 g/mol. The molecule has 6 heteroatoms. The third-order valence-corrected chi connectivity index (χ3v) is 4.54. The standard InChI is InChI=1S/C16H14INO3S/c1-11-6-7-12(22-11)8-9-16(20)21-10-15(19)18-14-5-3-2-4-13(14)17/h2-9H,10H2,1H3,(H,18,19)/b9-8+. The van der Waals surface area contributed by atoms with Gasteiger partial charge in [0.1, 0.15) is 0 Å². The van der Waals surface area contributed by atoms with Crippen molar-refractivity contribution in [2.45, 2.75) is 6.92 Å². The van der Waals surface area contributed by atoms with E-state index in [4.69, 9.17) is 4.74 Å². The van der Waals surface area contributed by atoms with Gasteiger partial charge >= 0.3 is 5.97 Å². The Hall–Kier alpha value is -1.67. The maximum absolute atomic E-state index is 11.7. The Bertz CT molecular complexity index is 709. The van der Waals surface area contributed by atoms with Crippen LogP contribution in [0.5, 0.6) is 0 Å². The summed E-state index contributed by atoms with van der Waals surface area (Å²) in [6, 6.07) is 11.3. The average Bonchev–Trinajstić information content (AvgIpc) is 2.91. The fraction of sp³-hybridized carbons (Fsp3) is 0.125. The fourth-order valence-corrected chi connectivity index (χ4v) is 2.93. The van der Waals surface area contributed by atoms with Crippen LogP contribution >= 0.6 is 33.9 Å². The zero-order valence-corrected chi connectivity index (χ0v) is 14.8. The first-order valence-electron chi connectivity index (χ1n) is 6.50. The SMILES string of the molecule is Cc1ccc(/C=C/C(=O)OCC(=O)Nc2ccccc2I)s1. The number of hydrogen-bond acceptors (Lipinski definition) is 4. The molecule has 0 radical (unpaired) electrons. The van der Waals surface area contributed by atoms with Gasteiger partial charge in [0.15, 0.2) is 6.61 Å². The Morgan fingerprint density at radius 2 is 2.05 bits per heavy atom. The zero-order valence-electron chi connectivity index (χ0n) is 11.8. The van der Waals surface area contributed by atoms with E-state index >= 15 is 0 Å². The van der Waals surface area contributed by atoms with Crippen LogP contribution in [0.25, 0.3) is 6.08 Å². The van der Waals surface area contributed by atoms with E-state index < -0.39 is 5.97 Å². The highest BCUT2D eigenvalue weighted by Crippen LogP contribution is 2.17. The highest BCUT2D eigenvalue weighted by Gasteiger charge is 2.07. The minimum Gasteiger partial charge on any atom is -0.452 e. The molecule has 0 atom stereocenters. The highest BCUT2D eigenvalue weighted by molar-refractivity contribution is 14.1. The first-order chi connectivity index (χ1) is 10.5. The third kappa shape index (κ3) is 5.27. The number of nitrogens with one attached hydrogen (secondary N) is 1. The van der Waals surface area contributed by atoms with Crippen LogP contribution in [0.3, 0.4) is 0 Å². The molecule has 1 amide bonds. The number of thiophene rings is 1. The summed E-state index contributed by atoms with van der Waals surface area (Å²) in [5.74, 6) is -0.901. The third-order valence-electron chi connectivity index (χ3n) is 2.64. The zero-order chi connectivity index (χ0) is 15.9. The summed E-state index contributed by atoms with van der Waals surface area (Å²) in [5, 5.41) is 2.70. The van der Waals surface area contributed by atoms with Gasteiger partial charge in [-0.15, -0.1) is 11.3 Å². The summed E-state index contributed by atoms with van der Waals surface area (Å²) >= 11 is 3.71. The number of hydrogen-bond donors (Lipinski definition) is 1. The van der Waals surface area contributed by atoms with Gasteiger partial charge in [0, 0.05) is 19.4 Å². The normalized spacial score (nSPS) is 10.6. The van der Waals surface area contributed by atoms with Crippen LogP contribution in [0.15, 0.2) is 42.5 Å². The number of amides is 1. The number of carbonyl (C=O) groups excluding carboxylic acids is 2. The van der Waals surface area contributed by atoms with E-state index in [0.29, 0.717) is 5.69 Å². The Labute approximate surface area is 146 Å². The van der Waals surface area contributed by atoms with Gasteiger partial charge in [0.05, 0.1) is 5.69 Å². The predicted octanol–water partition coefficient (Wildman–Crippen LogP) is 3.86. The molecule has 0 saturated heterocycles. The molecule has 0 unspecified atom stereocenters. The summed E-state index contributed by atoms with van der Waals surface area (Å²) < 4.78 is 5.83. The fourth-order valence-electron chi connectivity index (χ4n) is 1.63. The van der Waals surface area contributed by atoms with Crippen molar-refractivity contribution in [1.82, 2.24) is 0 Å². The van der Waals surface area contributed by atoms with E-state index in [1.54, 1.807) is 23.5 Å². The molecule has 0 aliphatic heterocycles. The van der Waals surface area contributed by atoms with E-state index in [9.17, 15) is 9.59 Å². The van der Waals surface area contributed by atoms with Gasteiger partial charge in [-0.2, -0.15) is 0 Å².